The number of fused-ring (bicyclic) bond motifs is 1. The second-order valence-corrected chi connectivity index (χ2v) is 11.7. The number of amidine groups is 1. The molecule has 0 radical (unpaired) electrons. The first kappa shape index (κ1) is 23.4. The molecule has 170 valence electrons. The molecule has 2 amide bonds. The van der Waals surface area contributed by atoms with Crippen molar-refractivity contribution in [1.29, 1.82) is 0 Å². The second-order valence-electron chi connectivity index (χ2n) is 8.34. The molecule has 2 aliphatic rings. The zero-order valence-electron chi connectivity index (χ0n) is 18.0. The highest BCUT2D eigenvalue weighted by atomic mass is 32.2. The highest BCUT2D eigenvalue weighted by Crippen LogP contribution is 2.41. The van der Waals surface area contributed by atoms with E-state index >= 15 is 0 Å². The molecule has 0 spiro atoms. The zero-order valence-corrected chi connectivity index (χ0v) is 19.6. The maximum atomic E-state index is 12.4. The van der Waals surface area contributed by atoms with Crippen molar-refractivity contribution < 1.29 is 27.5 Å². The molecule has 1 aromatic rings. The number of ether oxygens (including phenoxy) is 2. The summed E-state index contributed by atoms with van der Waals surface area (Å²) in [5.74, 6) is 0.348. The molecule has 0 bridgehead atoms. The number of hydrogen-bond acceptors (Lipinski definition) is 7. The SMILES string of the molecule is COc1ccc(N2C(=NC(=O)CCNC(=O)OC(C)(C)C)S[C@@H]3CS(=O)(=O)C[C@@H]32)cc1. The van der Waals surface area contributed by atoms with Crippen molar-refractivity contribution in [2.75, 3.05) is 30.1 Å². The molecule has 2 heterocycles. The molecule has 2 atom stereocenters. The number of hydrogen-bond donors (Lipinski definition) is 1. The molecule has 2 saturated heterocycles. The summed E-state index contributed by atoms with van der Waals surface area (Å²) >= 11 is 1.31. The standard InChI is InChI=1S/C20H27N3O6S2/c1-20(2,3)29-19(25)21-10-9-17(24)22-18-23(13-5-7-14(28-4)8-6-13)15-11-31(26,27)12-16(15)30-18/h5-8,15-16H,9-12H2,1-4H3,(H,21,25)/t15-,16+/m0/s1. The van der Waals surface area contributed by atoms with E-state index in [0.717, 1.165) is 5.69 Å². The van der Waals surface area contributed by atoms with E-state index in [1.807, 2.05) is 17.0 Å². The molecule has 0 unspecified atom stereocenters. The van der Waals surface area contributed by atoms with E-state index < -0.39 is 27.4 Å². The van der Waals surface area contributed by atoms with E-state index in [-0.39, 0.29) is 35.8 Å². The summed E-state index contributed by atoms with van der Waals surface area (Å²) in [6, 6.07) is 6.91. The van der Waals surface area contributed by atoms with Gasteiger partial charge in [0.25, 0.3) is 0 Å². The van der Waals surface area contributed by atoms with Crippen LogP contribution in [0.25, 0.3) is 0 Å². The minimum absolute atomic E-state index is 0.00733. The first-order valence-electron chi connectivity index (χ1n) is 9.86. The Morgan fingerprint density at radius 1 is 1.23 bits per heavy atom. The first-order valence-corrected chi connectivity index (χ1v) is 12.6. The number of benzene rings is 1. The summed E-state index contributed by atoms with van der Waals surface area (Å²) in [5.41, 5.74) is 0.127. The number of amides is 2. The van der Waals surface area contributed by atoms with E-state index in [2.05, 4.69) is 10.3 Å². The third-order valence-corrected chi connectivity index (χ3v) is 7.85. The summed E-state index contributed by atoms with van der Waals surface area (Å²) in [6.45, 7) is 5.36. The van der Waals surface area contributed by atoms with Gasteiger partial charge in [0, 0.05) is 23.9 Å². The highest BCUT2D eigenvalue weighted by Gasteiger charge is 2.49. The largest absolute Gasteiger partial charge is 0.497 e. The van der Waals surface area contributed by atoms with Crippen molar-refractivity contribution in [2.45, 2.75) is 44.1 Å². The predicted octanol–water partition coefficient (Wildman–Crippen LogP) is 2.21. The average molecular weight is 470 g/mol. The average Bonchev–Trinajstić information content (AvgIpc) is 3.11. The van der Waals surface area contributed by atoms with Crippen LogP contribution in [-0.4, -0.2) is 67.6 Å². The summed E-state index contributed by atoms with van der Waals surface area (Å²) in [4.78, 5) is 30.2. The molecule has 31 heavy (non-hydrogen) atoms. The number of rotatable bonds is 5. The van der Waals surface area contributed by atoms with Gasteiger partial charge < -0.3 is 19.7 Å². The number of alkyl carbamates (subject to hydrolysis) is 1. The van der Waals surface area contributed by atoms with Gasteiger partial charge in [-0.1, -0.05) is 11.8 Å². The third kappa shape index (κ3) is 6.13. The van der Waals surface area contributed by atoms with Gasteiger partial charge in [-0.15, -0.1) is 0 Å². The monoisotopic (exact) mass is 469 g/mol. The van der Waals surface area contributed by atoms with Gasteiger partial charge >= 0.3 is 6.09 Å². The lowest BCUT2D eigenvalue weighted by Crippen LogP contribution is -2.37. The van der Waals surface area contributed by atoms with Gasteiger partial charge in [0.15, 0.2) is 15.0 Å². The van der Waals surface area contributed by atoms with Crippen LogP contribution in [0, 0.1) is 0 Å². The molecule has 0 saturated carbocycles. The molecule has 11 heteroatoms. The van der Waals surface area contributed by atoms with Crippen LogP contribution in [0.5, 0.6) is 5.75 Å². The Morgan fingerprint density at radius 2 is 1.90 bits per heavy atom. The molecule has 0 aliphatic carbocycles. The van der Waals surface area contributed by atoms with Crippen molar-refractivity contribution in [2.24, 2.45) is 4.99 Å². The molecule has 1 aromatic carbocycles. The summed E-state index contributed by atoms with van der Waals surface area (Å²) in [6.07, 6.45) is -0.587. The maximum Gasteiger partial charge on any atom is 0.407 e. The normalized spacial score (nSPS) is 23.5. The van der Waals surface area contributed by atoms with Crippen molar-refractivity contribution in [1.82, 2.24) is 5.32 Å². The van der Waals surface area contributed by atoms with E-state index in [0.29, 0.717) is 10.9 Å². The maximum absolute atomic E-state index is 12.4. The molecule has 2 fully saturated rings. The number of sulfone groups is 1. The van der Waals surface area contributed by atoms with Crippen LogP contribution in [0.15, 0.2) is 29.3 Å². The third-order valence-electron chi connectivity index (χ3n) is 4.64. The van der Waals surface area contributed by atoms with Crippen LogP contribution in [0.1, 0.15) is 27.2 Å². The Kier molecular flexibility index (Phi) is 6.85. The van der Waals surface area contributed by atoms with Crippen LogP contribution in [0.2, 0.25) is 0 Å². The number of thioether (sulfide) groups is 1. The van der Waals surface area contributed by atoms with Crippen LogP contribution in [0.4, 0.5) is 10.5 Å². The van der Waals surface area contributed by atoms with Gasteiger partial charge in [-0.05, 0) is 45.0 Å². The van der Waals surface area contributed by atoms with Gasteiger partial charge in [0.2, 0.25) is 5.91 Å². The van der Waals surface area contributed by atoms with Crippen molar-refractivity contribution >= 4 is 44.5 Å². The van der Waals surface area contributed by atoms with Gasteiger partial charge in [-0.3, -0.25) is 4.79 Å². The molecule has 2 aliphatic heterocycles. The smallest absolute Gasteiger partial charge is 0.407 e. The Morgan fingerprint density at radius 3 is 2.52 bits per heavy atom. The minimum atomic E-state index is -3.14. The number of aliphatic imine (C=N–C) groups is 1. The first-order chi connectivity index (χ1) is 14.5. The molecule has 3 rings (SSSR count). The second kappa shape index (κ2) is 9.07. The van der Waals surface area contributed by atoms with Crippen molar-refractivity contribution in [3.8, 4) is 5.75 Å². The molecular formula is C20H27N3O6S2. The Balaban J connectivity index is 1.71. The van der Waals surface area contributed by atoms with Crippen LogP contribution < -0.4 is 15.0 Å². The number of nitrogens with zero attached hydrogens (tertiary/aromatic N) is 2. The Bertz CT molecular complexity index is 970. The minimum Gasteiger partial charge on any atom is -0.497 e. The lowest BCUT2D eigenvalue weighted by atomic mass is 10.2. The molecule has 9 nitrogen and oxygen atoms in total. The van der Waals surface area contributed by atoms with Gasteiger partial charge in [0.05, 0.1) is 24.7 Å². The molecule has 0 aromatic heterocycles. The van der Waals surface area contributed by atoms with Crippen molar-refractivity contribution in [3.63, 3.8) is 0 Å². The fraction of sp³-hybridized carbons (Fsp3) is 0.550. The van der Waals surface area contributed by atoms with Crippen LogP contribution in [0.3, 0.4) is 0 Å². The number of anilines is 1. The van der Waals surface area contributed by atoms with Crippen molar-refractivity contribution in [3.05, 3.63) is 24.3 Å². The molecular weight excluding hydrogens is 442 g/mol. The number of carbonyl (C=O) groups is 2. The fourth-order valence-corrected chi connectivity index (χ4v) is 7.29. The summed E-state index contributed by atoms with van der Waals surface area (Å²) in [5, 5.41) is 2.82. The van der Waals surface area contributed by atoms with E-state index in [9.17, 15) is 18.0 Å². The van der Waals surface area contributed by atoms with E-state index in [1.165, 1.54) is 11.8 Å². The number of nitrogens with one attached hydrogen (secondary N) is 1. The zero-order chi connectivity index (χ0) is 22.8. The van der Waals surface area contributed by atoms with Gasteiger partial charge in [-0.2, -0.15) is 4.99 Å². The topological polar surface area (TPSA) is 114 Å². The fourth-order valence-electron chi connectivity index (χ4n) is 3.36. The number of carbonyl (C=O) groups excluding carboxylic acids is 2. The summed E-state index contributed by atoms with van der Waals surface area (Å²) < 4.78 is 34.6. The molecule has 1 N–H and O–H groups in total. The number of methoxy groups -OCH3 is 1. The summed E-state index contributed by atoms with van der Waals surface area (Å²) in [7, 11) is -1.57. The van der Waals surface area contributed by atoms with E-state index in [4.69, 9.17) is 9.47 Å². The van der Waals surface area contributed by atoms with Gasteiger partial charge in [-0.25, -0.2) is 13.2 Å². The van der Waals surface area contributed by atoms with E-state index in [1.54, 1.807) is 40.0 Å². The Labute approximate surface area is 186 Å². The lowest BCUT2D eigenvalue weighted by Gasteiger charge is -2.24. The lowest BCUT2D eigenvalue weighted by molar-refractivity contribution is -0.117. The Hall–Kier alpha value is -2.27. The highest BCUT2D eigenvalue weighted by molar-refractivity contribution is 8.16. The predicted molar refractivity (Wildman–Crippen MR) is 121 cm³/mol. The van der Waals surface area contributed by atoms with Crippen LogP contribution >= 0.6 is 11.8 Å². The van der Waals surface area contributed by atoms with Gasteiger partial charge in [0.1, 0.15) is 11.4 Å². The quantitative estimate of drug-likeness (QED) is 0.698. The van der Waals surface area contributed by atoms with Crippen LogP contribution in [-0.2, 0) is 19.4 Å².